The van der Waals surface area contributed by atoms with Crippen molar-refractivity contribution in [1.29, 1.82) is 0 Å². The van der Waals surface area contributed by atoms with E-state index >= 15 is 0 Å². The number of benzene rings is 1. The topological polar surface area (TPSA) is 42.7 Å². The van der Waals surface area contributed by atoms with Crippen LogP contribution in [0, 0.1) is 11.6 Å². The zero-order valence-electron chi connectivity index (χ0n) is 13.4. The van der Waals surface area contributed by atoms with Crippen molar-refractivity contribution in [2.45, 2.75) is 19.0 Å². The summed E-state index contributed by atoms with van der Waals surface area (Å²) in [5.74, 6) is -1.72. The summed E-state index contributed by atoms with van der Waals surface area (Å²) in [5, 5.41) is 7.61. The molecule has 6 heteroatoms. The maximum Gasteiger partial charge on any atom is 0.159 e. The Morgan fingerprint density at radius 3 is 2.50 bits per heavy atom. The highest BCUT2D eigenvalue weighted by molar-refractivity contribution is 5.31. The number of hydrogen-bond donors (Lipinski definition) is 1. The van der Waals surface area contributed by atoms with E-state index in [0.717, 1.165) is 17.2 Å². The molecule has 2 aromatic heterocycles. The van der Waals surface area contributed by atoms with Gasteiger partial charge in [-0.2, -0.15) is 5.10 Å². The molecule has 24 heavy (non-hydrogen) atoms. The lowest BCUT2D eigenvalue weighted by molar-refractivity contribution is 0.491. The smallest absolute Gasteiger partial charge is 0.159 e. The van der Waals surface area contributed by atoms with E-state index in [1.807, 2.05) is 32.3 Å². The second kappa shape index (κ2) is 6.88. The van der Waals surface area contributed by atoms with Gasteiger partial charge in [0.25, 0.3) is 0 Å². The number of aryl methyl sites for hydroxylation is 1. The lowest BCUT2D eigenvalue weighted by Gasteiger charge is -2.23. The molecule has 0 amide bonds. The van der Waals surface area contributed by atoms with Gasteiger partial charge in [-0.3, -0.25) is 15.0 Å². The third kappa shape index (κ3) is 3.49. The Hall–Kier alpha value is -2.60. The van der Waals surface area contributed by atoms with Crippen molar-refractivity contribution in [3.63, 3.8) is 0 Å². The maximum atomic E-state index is 13.7. The molecule has 0 aliphatic carbocycles. The van der Waals surface area contributed by atoms with E-state index in [-0.39, 0.29) is 12.1 Å². The van der Waals surface area contributed by atoms with E-state index in [1.165, 1.54) is 6.07 Å². The van der Waals surface area contributed by atoms with E-state index in [4.69, 9.17) is 0 Å². The van der Waals surface area contributed by atoms with Crippen LogP contribution in [0.4, 0.5) is 8.78 Å². The number of pyridine rings is 1. The van der Waals surface area contributed by atoms with Crippen LogP contribution in [0.2, 0.25) is 0 Å². The van der Waals surface area contributed by atoms with Gasteiger partial charge in [-0.05, 0) is 36.2 Å². The Kier molecular flexibility index (Phi) is 4.66. The first kappa shape index (κ1) is 16.3. The van der Waals surface area contributed by atoms with Crippen molar-refractivity contribution in [3.8, 4) is 0 Å². The molecule has 1 N–H and O–H groups in total. The fourth-order valence-electron chi connectivity index (χ4n) is 2.63. The Morgan fingerprint density at radius 2 is 1.88 bits per heavy atom. The van der Waals surface area contributed by atoms with Crippen LogP contribution in [-0.4, -0.2) is 14.8 Å². The van der Waals surface area contributed by atoms with Crippen molar-refractivity contribution in [3.05, 3.63) is 83.4 Å². The van der Waals surface area contributed by atoms with Crippen LogP contribution in [0.3, 0.4) is 0 Å². The van der Waals surface area contributed by atoms with Crippen LogP contribution in [0.5, 0.6) is 0 Å². The maximum absolute atomic E-state index is 13.7. The van der Waals surface area contributed by atoms with Gasteiger partial charge in [0.05, 0.1) is 12.2 Å². The monoisotopic (exact) mass is 328 g/mol. The summed E-state index contributed by atoms with van der Waals surface area (Å²) < 4.78 is 28.7. The molecule has 0 aliphatic rings. The fourth-order valence-corrected chi connectivity index (χ4v) is 2.63. The molecule has 1 aromatic carbocycles. The molecule has 0 saturated heterocycles. The van der Waals surface area contributed by atoms with Crippen LogP contribution in [0.15, 0.2) is 55.1 Å². The number of halogens is 2. The zero-order chi connectivity index (χ0) is 17.1. The molecule has 0 bridgehead atoms. The predicted octanol–water partition coefficient (Wildman–Crippen LogP) is 3.53. The van der Waals surface area contributed by atoms with Gasteiger partial charge in [-0.1, -0.05) is 12.1 Å². The van der Waals surface area contributed by atoms with Crippen molar-refractivity contribution < 1.29 is 8.78 Å². The van der Waals surface area contributed by atoms with Gasteiger partial charge in [-0.25, -0.2) is 8.78 Å². The van der Waals surface area contributed by atoms with Crippen molar-refractivity contribution in [2.24, 2.45) is 7.05 Å². The fraction of sp³-hybridized carbons (Fsp3) is 0.222. The van der Waals surface area contributed by atoms with Gasteiger partial charge >= 0.3 is 0 Å². The summed E-state index contributed by atoms with van der Waals surface area (Å²) in [6, 6.07) is 7.32. The molecule has 0 saturated carbocycles. The minimum Gasteiger partial charge on any atom is -0.299 e. The summed E-state index contributed by atoms with van der Waals surface area (Å²) in [5.41, 5.74) is 2.52. The van der Waals surface area contributed by atoms with Gasteiger partial charge < -0.3 is 0 Å². The molecule has 124 valence electrons. The first-order valence-corrected chi connectivity index (χ1v) is 7.64. The largest absolute Gasteiger partial charge is 0.299 e. The molecule has 2 heterocycles. The average molecular weight is 328 g/mol. The number of rotatable bonds is 5. The molecule has 4 nitrogen and oxygen atoms in total. The molecule has 2 atom stereocenters. The van der Waals surface area contributed by atoms with Crippen molar-refractivity contribution in [1.82, 2.24) is 20.1 Å². The number of nitrogens with zero attached hydrogens (tertiary/aromatic N) is 3. The quantitative estimate of drug-likeness (QED) is 0.779. The standard InChI is InChI=1S/C18H18F2N4/c1-12(15-10-22-24(2)11-15)23-18(14-4-3-7-21-9-14)13-5-6-16(19)17(20)8-13/h3-12,18,23H,1-2H3. The molecule has 0 aliphatic heterocycles. The average Bonchev–Trinajstić information content (AvgIpc) is 3.02. The normalized spacial score (nSPS) is 13.7. The molecule has 0 radical (unpaired) electrons. The molecule has 2 unspecified atom stereocenters. The summed E-state index contributed by atoms with van der Waals surface area (Å²) in [7, 11) is 1.85. The Balaban J connectivity index is 1.94. The minimum absolute atomic E-state index is 0.0305. The van der Waals surface area contributed by atoms with Crippen LogP contribution in [0.25, 0.3) is 0 Å². The molecule has 3 aromatic rings. The van der Waals surface area contributed by atoms with Crippen LogP contribution in [0.1, 0.15) is 35.7 Å². The first-order chi connectivity index (χ1) is 11.5. The summed E-state index contributed by atoms with van der Waals surface area (Å²) in [6.45, 7) is 2.00. The third-order valence-electron chi connectivity index (χ3n) is 3.94. The Labute approximate surface area is 139 Å². The number of nitrogens with one attached hydrogen (secondary N) is 1. The van der Waals surface area contributed by atoms with Gasteiger partial charge in [0.2, 0.25) is 0 Å². The van der Waals surface area contributed by atoms with Crippen LogP contribution in [-0.2, 0) is 7.05 Å². The second-order valence-electron chi connectivity index (χ2n) is 5.73. The Bertz CT molecular complexity index is 817. The van der Waals surface area contributed by atoms with E-state index in [0.29, 0.717) is 5.56 Å². The second-order valence-corrected chi connectivity index (χ2v) is 5.73. The van der Waals surface area contributed by atoms with Gasteiger partial charge in [-0.15, -0.1) is 0 Å². The van der Waals surface area contributed by atoms with Crippen LogP contribution < -0.4 is 5.32 Å². The Morgan fingerprint density at radius 1 is 1.04 bits per heavy atom. The summed E-state index contributed by atoms with van der Waals surface area (Å²) in [6.07, 6.45) is 7.09. The molecule has 0 fully saturated rings. The lowest BCUT2D eigenvalue weighted by Crippen LogP contribution is -2.25. The first-order valence-electron chi connectivity index (χ1n) is 7.64. The highest BCUT2D eigenvalue weighted by atomic mass is 19.2. The molecule has 0 spiro atoms. The highest BCUT2D eigenvalue weighted by Crippen LogP contribution is 2.26. The molecule has 3 rings (SSSR count). The minimum atomic E-state index is -0.864. The van der Waals surface area contributed by atoms with E-state index in [1.54, 1.807) is 29.3 Å². The third-order valence-corrected chi connectivity index (χ3v) is 3.94. The predicted molar refractivity (Wildman–Crippen MR) is 87.2 cm³/mol. The van der Waals surface area contributed by atoms with Gasteiger partial charge in [0, 0.05) is 37.2 Å². The molecular weight excluding hydrogens is 310 g/mol. The van der Waals surface area contributed by atoms with Gasteiger partial charge in [0.1, 0.15) is 0 Å². The van der Waals surface area contributed by atoms with E-state index < -0.39 is 11.6 Å². The number of aromatic nitrogens is 3. The molecular formula is C18H18F2N4. The van der Waals surface area contributed by atoms with E-state index in [2.05, 4.69) is 15.4 Å². The summed E-state index contributed by atoms with van der Waals surface area (Å²) in [4.78, 5) is 4.13. The van der Waals surface area contributed by atoms with Crippen molar-refractivity contribution >= 4 is 0 Å². The zero-order valence-corrected chi connectivity index (χ0v) is 13.4. The van der Waals surface area contributed by atoms with Gasteiger partial charge in [0.15, 0.2) is 11.6 Å². The van der Waals surface area contributed by atoms with Crippen LogP contribution >= 0.6 is 0 Å². The summed E-state index contributed by atoms with van der Waals surface area (Å²) >= 11 is 0. The SMILES string of the molecule is CC(NC(c1cccnc1)c1ccc(F)c(F)c1)c1cnn(C)c1. The number of hydrogen-bond acceptors (Lipinski definition) is 3. The van der Waals surface area contributed by atoms with E-state index in [9.17, 15) is 8.78 Å². The highest BCUT2D eigenvalue weighted by Gasteiger charge is 2.19. The van der Waals surface area contributed by atoms with Crippen molar-refractivity contribution in [2.75, 3.05) is 0 Å². The lowest BCUT2D eigenvalue weighted by atomic mass is 9.98.